The number of carbonyl (C=O) groups excluding carboxylic acids is 1. The van der Waals surface area contributed by atoms with E-state index in [9.17, 15) is 13.6 Å². The lowest BCUT2D eigenvalue weighted by atomic mass is 10.1. The van der Waals surface area contributed by atoms with Crippen LogP contribution in [0.4, 0.5) is 13.9 Å². The molecule has 4 aromatic rings. The summed E-state index contributed by atoms with van der Waals surface area (Å²) in [5.74, 6) is -1.41. The molecule has 31 heavy (non-hydrogen) atoms. The van der Waals surface area contributed by atoms with Gasteiger partial charge in [-0.05, 0) is 42.8 Å². The molecule has 4 rings (SSSR count). The Kier molecular flexibility index (Phi) is 6.30. The van der Waals surface area contributed by atoms with Crippen molar-refractivity contribution >= 4 is 45.7 Å². The Morgan fingerprint density at radius 1 is 1.26 bits per heavy atom. The van der Waals surface area contributed by atoms with Gasteiger partial charge in [0.05, 0.1) is 17.1 Å². The lowest BCUT2D eigenvalue weighted by Crippen LogP contribution is -2.14. The molecule has 0 aliphatic heterocycles. The predicted octanol–water partition coefficient (Wildman–Crippen LogP) is 5.36. The molecule has 2 heterocycles. The molecule has 1 N–H and O–H groups in total. The number of thioether (sulfide) groups is 1. The number of hydrogen-bond acceptors (Lipinski definition) is 6. The lowest BCUT2D eigenvalue weighted by Gasteiger charge is -2.07. The molecule has 2 aromatic carbocycles. The predicted molar refractivity (Wildman–Crippen MR) is 118 cm³/mol. The lowest BCUT2D eigenvalue weighted by molar-refractivity contribution is -0.113. The van der Waals surface area contributed by atoms with Crippen molar-refractivity contribution in [3.63, 3.8) is 0 Å². The highest BCUT2D eigenvalue weighted by Gasteiger charge is 2.14. The number of benzene rings is 2. The quantitative estimate of drug-likeness (QED) is 0.378. The van der Waals surface area contributed by atoms with Crippen LogP contribution < -0.4 is 5.32 Å². The summed E-state index contributed by atoms with van der Waals surface area (Å²) in [6.45, 7) is 1.91. The average Bonchev–Trinajstić information content (AvgIpc) is 3.40. The third kappa shape index (κ3) is 4.92. The van der Waals surface area contributed by atoms with Gasteiger partial charge < -0.3 is 5.32 Å². The molecule has 0 saturated carbocycles. The van der Waals surface area contributed by atoms with Crippen molar-refractivity contribution in [2.75, 3.05) is 11.1 Å². The normalized spacial score (nSPS) is 11.0. The van der Waals surface area contributed by atoms with Crippen molar-refractivity contribution in [2.45, 2.75) is 12.1 Å². The summed E-state index contributed by atoms with van der Waals surface area (Å²) in [5, 5.41) is 13.6. The summed E-state index contributed by atoms with van der Waals surface area (Å²) in [6.07, 6.45) is 1.54. The Labute approximate surface area is 189 Å². The monoisotopic (exact) mass is 477 g/mol. The number of anilines is 1. The first-order valence-corrected chi connectivity index (χ1v) is 11.1. The van der Waals surface area contributed by atoms with Crippen molar-refractivity contribution in [2.24, 2.45) is 0 Å². The van der Waals surface area contributed by atoms with Gasteiger partial charge in [-0.2, -0.15) is 0 Å². The van der Waals surface area contributed by atoms with Crippen LogP contribution in [0.25, 0.3) is 16.9 Å². The molecular formula is C20H14ClF2N5OS2. The molecule has 0 bridgehead atoms. The van der Waals surface area contributed by atoms with Crippen molar-refractivity contribution in [3.05, 3.63) is 70.3 Å². The van der Waals surface area contributed by atoms with E-state index in [0.29, 0.717) is 10.2 Å². The van der Waals surface area contributed by atoms with Gasteiger partial charge in [0.2, 0.25) is 5.91 Å². The smallest absolute Gasteiger partial charge is 0.236 e. The van der Waals surface area contributed by atoms with Gasteiger partial charge in [0.25, 0.3) is 0 Å². The summed E-state index contributed by atoms with van der Waals surface area (Å²) < 4.78 is 29.0. The van der Waals surface area contributed by atoms with E-state index in [1.54, 1.807) is 22.3 Å². The molecule has 1 amide bonds. The van der Waals surface area contributed by atoms with Crippen LogP contribution in [-0.4, -0.2) is 31.4 Å². The standard InChI is InChI=1S/C20H14ClF2N5OS2/c1-11-2-4-13(7-15(11)21)28-10-24-27-20(28)31-9-18(29)26-19-25-17(8-30-19)14-6-12(22)3-5-16(14)23/h2-8,10H,9H2,1H3,(H,25,26,29). The van der Waals surface area contributed by atoms with Crippen LogP contribution in [0.1, 0.15) is 5.56 Å². The third-order valence-corrected chi connectivity index (χ3v) is 6.35. The molecule has 158 valence electrons. The van der Waals surface area contributed by atoms with Gasteiger partial charge in [0, 0.05) is 16.0 Å². The number of hydrogen-bond donors (Lipinski definition) is 1. The Morgan fingerprint density at radius 2 is 2.10 bits per heavy atom. The zero-order valence-corrected chi connectivity index (χ0v) is 18.4. The topological polar surface area (TPSA) is 72.7 Å². The fraction of sp³-hybridized carbons (Fsp3) is 0.100. The number of nitrogens with one attached hydrogen (secondary N) is 1. The van der Waals surface area contributed by atoms with Crippen LogP contribution in [0, 0.1) is 18.6 Å². The fourth-order valence-corrected chi connectivity index (χ4v) is 4.30. The van der Waals surface area contributed by atoms with E-state index in [0.717, 1.165) is 40.8 Å². The second kappa shape index (κ2) is 9.13. The maximum atomic E-state index is 13.9. The van der Waals surface area contributed by atoms with Crippen LogP contribution in [-0.2, 0) is 4.79 Å². The molecule has 0 fully saturated rings. The molecule has 0 saturated heterocycles. The van der Waals surface area contributed by atoms with E-state index >= 15 is 0 Å². The third-order valence-electron chi connectivity index (χ3n) is 4.24. The number of thiazole rings is 1. The molecule has 0 spiro atoms. The Morgan fingerprint density at radius 3 is 2.90 bits per heavy atom. The number of nitrogens with zero attached hydrogens (tertiary/aromatic N) is 4. The molecule has 6 nitrogen and oxygen atoms in total. The molecule has 0 unspecified atom stereocenters. The van der Waals surface area contributed by atoms with E-state index < -0.39 is 11.6 Å². The molecule has 11 heteroatoms. The molecule has 0 radical (unpaired) electrons. The average molecular weight is 478 g/mol. The van der Waals surface area contributed by atoms with Gasteiger partial charge in [-0.1, -0.05) is 29.4 Å². The number of aromatic nitrogens is 4. The number of aryl methyl sites for hydroxylation is 1. The minimum absolute atomic E-state index is 0.0379. The first kappa shape index (κ1) is 21.4. The maximum absolute atomic E-state index is 13.9. The summed E-state index contributed by atoms with van der Waals surface area (Å²) in [6, 6.07) is 8.71. The van der Waals surface area contributed by atoms with E-state index in [1.807, 2.05) is 19.1 Å². The molecule has 0 aliphatic rings. The van der Waals surface area contributed by atoms with Crippen molar-refractivity contribution in [3.8, 4) is 16.9 Å². The Bertz CT molecular complexity index is 1260. The number of rotatable bonds is 6. The zero-order valence-electron chi connectivity index (χ0n) is 16.0. The van der Waals surface area contributed by atoms with Gasteiger partial charge in [-0.15, -0.1) is 21.5 Å². The molecule has 0 aliphatic carbocycles. The van der Waals surface area contributed by atoms with Crippen LogP contribution in [0.5, 0.6) is 0 Å². The van der Waals surface area contributed by atoms with Crippen LogP contribution in [0.15, 0.2) is 53.3 Å². The van der Waals surface area contributed by atoms with Gasteiger partial charge in [0.1, 0.15) is 18.0 Å². The van der Waals surface area contributed by atoms with Gasteiger partial charge in [0.15, 0.2) is 10.3 Å². The fourth-order valence-electron chi connectivity index (χ4n) is 2.67. The number of halogens is 3. The van der Waals surface area contributed by atoms with Gasteiger partial charge in [-0.25, -0.2) is 13.8 Å². The summed E-state index contributed by atoms with van der Waals surface area (Å²) in [4.78, 5) is 16.5. The largest absolute Gasteiger partial charge is 0.301 e. The summed E-state index contributed by atoms with van der Waals surface area (Å²) in [5.41, 5.74) is 2.02. The molecular weight excluding hydrogens is 464 g/mol. The van der Waals surface area contributed by atoms with Crippen LogP contribution >= 0.6 is 34.7 Å². The van der Waals surface area contributed by atoms with Gasteiger partial charge in [-0.3, -0.25) is 9.36 Å². The van der Waals surface area contributed by atoms with Crippen molar-refractivity contribution < 1.29 is 13.6 Å². The first-order chi connectivity index (χ1) is 14.9. The van der Waals surface area contributed by atoms with E-state index in [1.165, 1.54) is 11.8 Å². The number of amides is 1. The Balaban J connectivity index is 1.41. The van der Waals surface area contributed by atoms with Crippen LogP contribution in [0.3, 0.4) is 0 Å². The van der Waals surface area contributed by atoms with E-state index in [4.69, 9.17) is 11.6 Å². The minimum Gasteiger partial charge on any atom is -0.301 e. The molecule has 2 aromatic heterocycles. The maximum Gasteiger partial charge on any atom is 0.236 e. The highest BCUT2D eigenvalue weighted by molar-refractivity contribution is 7.99. The Hall–Kier alpha value is -2.82. The highest BCUT2D eigenvalue weighted by atomic mass is 35.5. The highest BCUT2D eigenvalue weighted by Crippen LogP contribution is 2.28. The zero-order chi connectivity index (χ0) is 22.0. The molecule has 0 atom stereocenters. The number of carbonyl (C=O) groups is 1. The second-order valence-corrected chi connectivity index (χ2v) is 8.62. The van der Waals surface area contributed by atoms with E-state index in [2.05, 4.69) is 20.5 Å². The summed E-state index contributed by atoms with van der Waals surface area (Å²) >= 11 is 8.51. The van der Waals surface area contributed by atoms with Crippen molar-refractivity contribution in [1.82, 2.24) is 19.7 Å². The van der Waals surface area contributed by atoms with E-state index in [-0.39, 0.29) is 28.0 Å². The SMILES string of the molecule is Cc1ccc(-n2cnnc2SCC(=O)Nc2nc(-c3cc(F)ccc3F)cs2)cc1Cl. The minimum atomic E-state index is -0.587. The first-order valence-electron chi connectivity index (χ1n) is 8.91. The summed E-state index contributed by atoms with van der Waals surface area (Å²) in [7, 11) is 0. The van der Waals surface area contributed by atoms with Crippen molar-refractivity contribution in [1.29, 1.82) is 0 Å². The van der Waals surface area contributed by atoms with Crippen LogP contribution in [0.2, 0.25) is 5.02 Å². The van der Waals surface area contributed by atoms with Gasteiger partial charge >= 0.3 is 0 Å². The second-order valence-electron chi connectivity index (χ2n) is 6.42.